The van der Waals surface area contributed by atoms with Crippen LogP contribution in [-0.2, 0) is 6.42 Å². The van der Waals surface area contributed by atoms with Crippen LogP contribution >= 0.6 is 0 Å². The molecule has 1 atom stereocenters. The normalized spacial score (nSPS) is 12.4. The van der Waals surface area contributed by atoms with Gasteiger partial charge in [0.25, 0.3) is 0 Å². The van der Waals surface area contributed by atoms with Gasteiger partial charge in [-0.2, -0.15) is 5.10 Å². The maximum Gasteiger partial charge on any atom is 0.137 e. The third-order valence-corrected chi connectivity index (χ3v) is 10.2. The van der Waals surface area contributed by atoms with Gasteiger partial charge in [-0.25, -0.2) is 9.67 Å². The van der Waals surface area contributed by atoms with Crippen molar-refractivity contribution in [3.05, 3.63) is 131 Å². The lowest BCUT2D eigenvalue weighted by molar-refractivity contribution is 0.481. The molecular formula is C45H48N4O. The van der Waals surface area contributed by atoms with Crippen LogP contribution in [-0.4, -0.2) is 19.3 Å². The molecule has 0 saturated heterocycles. The number of pyridine rings is 1. The second-order valence-corrected chi connectivity index (χ2v) is 14.7. The molecule has 0 fully saturated rings. The van der Waals surface area contributed by atoms with Crippen molar-refractivity contribution in [1.82, 2.24) is 19.3 Å². The first kappa shape index (κ1) is 33.3. The number of ether oxygens (including phenoxy) is 1. The van der Waals surface area contributed by atoms with E-state index in [1.54, 1.807) is 0 Å². The standard InChI is InChI=1S/C45H48N4O/c1-28(2)14-15-34-23-37(49-33(8)45(32(7)47-49)35-12-10-9-11-13-35)26-39(24-34)50-38-17-18-40-41-25-36(31(6)29(3)4)16-19-42(41)48(43(40)27-38)44-22-30(5)20-21-46-44/h9-13,16-29,31H,14-15H2,1-8H3. The van der Waals surface area contributed by atoms with E-state index in [0.29, 0.717) is 17.8 Å². The van der Waals surface area contributed by atoms with Crippen LogP contribution in [0.4, 0.5) is 0 Å². The summed E-state index contributed by atoms with van der Waals surface area (Å²) in [6, 6.07) is 34.7. The average molecular weight is 661 g/mol. The maximum atomic E-state index is 6.79. The molecular weight excluding hydrogens is 613 g/mol. The summed E-state index contributed by atoms with van der Waals surface area (Å²) in [7, 11) is 0. The van der Waals surface area contributed by atoms with Crippen LogP contribution < -0.4 is 4.74 Å². The van der Waals surface area contributed by atoms with Gasteiger partial charge in [-0.1, -0.05) is 71.0 Å². The molecule has 4 aromatic carbocycles. The van der Waals surface area contributed by atoms with E-state index in [9.17, 15) is 0 Å². The number of rotatable bonds is 10. The van der Waals surface area contributed by atoms with Crippen molar-refractivity contribution in [2.45, 2.75) is 74.1 Å². The smallest absolute Gasteiger partial charge is 0.137 e. The van der Waals surface area contributed by atoms with Crippen LogP contribution in [0.25, 0.3) is 44.4 Å². The Morgan fingerprint density at radius 3 is 2.26 bits per heavy atom. The quantitative estimate of drug-likeness (QED) is 0.147. The molecule has 0 amide bonds. The largest absolute Gasteiger partial charge is 0.457 e. The number of aromatic nitrogens is 4. The van der Waals surface area contributed by atoms with E-state index in [4.69, 9.17) is 14.8 Å². The van der Waals surface area contributed by atoms with E-state index in [0.717, 1.165) is 58.3 Å². The molecule has 0 aliphatic rings. The van der Waals surface area contributed by atoms with Gasteiger partial charge in [0.1, 0.15) is 17.3 Å². The van der Waals surface area contributed by atoms with Gasteiger partial charge in [0.05, 0.1) is 22.4 Å². The summed E-state index contributed by atoms with van der Waals surface area (Å²) in [6.45, 7) is 17.8. The summed E-state index contributed by atoms with van der Waals surface area (Å²) in [5.41, 5.74) is 11.5. The third-order valence-electron chi connectivity index (χ3n) is 10.2. The summed E-state index contributed by atoms with van der Waals surface area (Å²) < 4.78 is 11.1. The number of aryl methyl sites for hydroxylation is 3. The summed E-state index contributed by atoms with van der Waals surface area (Å²) in [5.74, 6) is 4.11. The molecule has 7 aromatic rings. The zero-order valence-corrected chi connectivity index (χ0v) is 30.7. The van der Waals surface area contributed by atoms with Crippen molar-refractivity contribution in [3.63, 3.8) is 0 Å². The number of benzene rings is 4. The molecule has 7 rings (SSSR count). The number of hydrogen-bond acceptors (Lipinski definition) is 3. The predicted molar refractivity (Wildman–Crippen MR) is 208 cm³/mol. The van der Waals surface area contributed by atoms with Gasteiger partial charge in [-0.05, 0) is 122 Å². The Hall–Kier alpha value is -5.16. The number of nitrogens with zero attached hydrogens (tertiary/aromatic N) is 4. The Kier molecular flexibility index (Phi) is 9.09. The van der Waals surface area contributed by atoms with Crippen molar-refractivity contribution in [2.75, 3.05) is 0 Å². The van der Waals surface area contributed by atoms with Crippen LogP contribution in [0.15, 0.2) is 103 Å². The van der Waals surface area contributed by atoms with Gasteiger partial charge in [0.2, 0.25) is 0 Å². The van der Waals surface area contributed by atoms with E-state index < -0.39 is 0 Å². The van der Waals surface area contributed by atoms with Crippen LogP contribution in [0.1, 0.15) is 75.0 Å². The fraction of sp³-hybridized carbons (Fsp3) is 0.289. The van der Waals surface area contributed by atoms with Crippen molar-refractivity contribution in [3.8, 4) is 34.1 Å². The topological polar surface area (TPSA) is 44.9 Å². The van der Waals surface area contributed by atoms with Crippen LogP contribution in [0, 0.1) is 32.6 Å². The molecule has 0 aliphatic carbocycles. The highest BCUT2D eigenvalue weighted by atomic mass is 16.5. The van der Waals surface area contributed by atoms with Gasteiger partial charge in [-0.15, -0.1) is 0 Å². The van der Waals surface area contributed by atoms with E-state index >= 15 is 0 Å². The molecule has 0 aliphatic heterocycles. The van der Waals surface area contributed by atoms with Gasteiger partial charge in [0, 0.05) is 40.4 Å². The maximum absolute atomic E-state index is 6.79. The van der Waals surface area contributed by atoms with Crippen molar-refractivity contribution < 1.29 is 4.74 Å². The lowest BCUT2D eigenvalue weighted by Gasteiger charge is -2.16. The minimum atomic E-state index is 0.459. The lowest BCUT2D eigenvalue weighted by Crippen LogP contribution is -2.02. The average Bonchev–Trinajstić information content (AvgIpc) is 3.59. The van der Waals surface area contributed by atoms with E-state index in [-0.39, 0.29) is 0 Å². The fourth-order valence-corrected chi connectivity index (χ4v) is 7.12. The number of hydrogen-bond donors (Lipinski definition) is 0. The first-order chi connectivity index (χ1) is 24.1. The molecule has 3 heterocycles. The molecule has 0 radical (unpaired) electrons. The van der Waals surface area contributed by atoms with E-state index in [1.807, 2.05) is 12.3 Å². The zero-order valence-electron chi connectivity index (χ0n) is 30.7. The lowest BCUT2D eigenvalue weighted by atomic mass is 9.89. The summed E-state index contributed by atoms with van der Waals surface area (Å²) in [5, 5.41) is 7.46. The Morgan fingerprint density at radius 1 is 0.720 bits per heavy atom. The summed E-state index contributed by atoms with van der Waals surface area (Å²) >= 11 is 0. The molecule has 0 bridgehead atoms. The molecule has 0 saturated carbocycles. The zero-order chi connectivity index (χ0) is 35.1. The van der Waals surface area contributed by atoms with Crippen molar-refractivity contribution in [2.24, 2.45) is 11.8 Å². The molecule has 0 N–H and O–H groups in total. The Bertz CT molecular complexity index is 2310. The molecule has 50 heavy (non-hydrogen) atoms. The Labute approximate surface area is 296 Å². The SMILES string of the molecule is Cc1ccnc(-n2c3ccc(C(C)C(C)C)cc3c3ccc(Oc4cc(CCC(C)C)cc(-n5nc(C)c(-c6ccccc6)c5C)c4)cc32)c1. The van der Waals surface area contributed by atoms with Crippen molar-refractivity contribution in [1.29, 1.82) is 0 Å². The fourth-order valence-electron chi connectivity index (χ4n) is 7.12. The second kappa shape index (κ2) is 13.6. The molecule has 5 nitrogen and oxygen atoms in total. The second-order valence-electron chi connectivity index (χ2n) is 14.7. The van der Waals surface area contributed by atoms with Gasteiger partial charge in [0.15, 0.2) is 0 Å². The first-order valence-electron chi connectivity index (χ1n) is 18.0. The summed E-state index contributed by atoms with van der Waals surface area (Å²) in [4.78, 5) is 4.82. The van der Waals surface area contributed by atoms with Crippen LogP contribution in [0.5, 0.6) is 11.5 Å². The summed E-state index contributed by atoms with van der Waals surface area (Å²) in [6.07, 6.45) is 3.96. The van der Waals surface area contributed by atoms with E-state index in [2.05, 4.69) is 156 Å². The van der Waals surface area contributed by atoms with Crippen molar-refractivity contribution >= 4 is 21.8 Å². The molecule has 1 unspecified atom stereocenters. The van der Waals surface area contributed by atoms with Crippen LogP contribution in [0.3, 0.4) is 0 Å². The highest BCUT2D eigenvalue weighted by Gasteiger charge is 2.19. The predicted octanol–water partition coefficient (Wildman–Crippen LogP) is 12.1. The molecule has 3 aromatic heterocycles. The molecule has 0 spiro atoms. The third kappa shape index (κ3) is 6.45. The monoisotopic (exact) mass is 660 g/mol. The highest BCUT2D eigenvalue weighted by molar-refractivity contribution is 6.09. The van der Waals surface area contributed by atoms with Crippen LogP contribution in [0.2, 0.25) is 0 Å². The Morgan fingerprint density at radius 2 is 1.52 bits per heavy atom. The molecule has 254 valence electrons. The van der Waals surface area contributed by atoms with Gasteiger partial charge < -0.3 is 4.74 Å². The van der Waals surface area contributed by atoms with E-state index in [1.165, 1.54) is 38.6 Å². The first-order valence-corrected chi connectivity index (χ1v) is 18.0. The van der Waals surface area contributed by atoms with Gasteiger partial charge >= 0.3 is 0 Å². The number of fused-ring (bicyclic) bond motifs is 3. The molecule has 5 heteroatoms. The highest BCUT2D eigenvalue weighted by Crippen LogP contribution is 2.38. The van der Waals surface area contributed by atoms with Gasteiger partial charge in [-0.3, -0.25) is 4.57 Å². The minimum Gasteiger partial charge on any atom is -0.457 e. The minimum absolute atomic E-state index is 0.459. The Balaban J connectivity index is 1.34.